The molecule has 0 aliphatic rings. The van der Waals surface area contributed by atoms with E-state index in [0.29, 0.717) is 29.8 Å². The molecule has 0 spiro atoms. The second kappa shape index (κ2) is 9.12. The van der Waals surface area contributed by atoms with Crippen LogP contribution >= 0.6 is 12.2 Å². The number of aromatic nitrogens is 3. The van der Waals surface area contributed by atoms with Crippen molar-refractivity contribution in [2.45, 2.75) is 26.1 Å². The van der Waals surface area contributed by atoms with E-state index < -0.39 is 11.7 Å². The molecule has 1 aromatic heterocycles. The minimum absolute atomic E-state index is 0.0322. The molecule has 0 aliphatic carbocycles. The average Bonchev–Trinajstić information content (AvgIpc) is 3.07. The number of carbonyl (C=O) groups excluding carboxylic acids is 1. The van der Waals surface area contributed by atoms with Crippen molar-refractivity contribution in [2.75, 3.05) is 6.54 Å². The van der Waals surface area contributed by atoms with Crippen LogP contribution in [0.25, 0.3) is 0 Å². The lowest BCUT2D eigenvalue weighted by Gasteiger charge is -2.11. The van der Waals surface area contributed by atoms with Crippen molar-refractivity contribution in [2.24, 2.45) is 0 Å². The van der Waals surface area contributed by atoms with Crippen LogP contribution in [0.3, 0.4) is 0 Å². The largest absolute Gasteiger partial charge is 0.457 e. The number of halogens is 3. The van der Waals surface area contributed by atoms with Crippen LogP contribution in [0, 0.1) is 4.77 Å². The molecule has 3 aromatic rings. The molecule has 2 aromatic carbocycles. The molecule has 0 bridgehead atoms. The van der Waals surface area contributed by atoms with E-state index in [1.54, 1.807) is 18.2 Å². The number of alkyl halides is 3. The van der Waals surface area contributed by atoms with Gasteiger partial charge in [-0.1, -0.05) is 12.1 Å². The highest BCUT2D eigenvalue weighted by molar-refractivity contribution is 7.71. The Kier molecular flexibility index (Phi) is 6.56. The van der Waals surface area contributed by atoms with Crippen molar-refractivity contribution in [1.82, 2.24) is 20.1 Å². The summed E-state index contributed by atoms with van der Waals surface area (Å²) in [4.78, 5) is 12.4. The molecule has 1 amide bonds. The molecule has 0 fully saturated rings. The minimum Gasteiger partial charge on any atom is -0.457 e. The first-order chi connectivity index (χ1) is 14.3. The number of aromatic amines is 1. The molecule has 6 nitrogen and oxygen atoms in total. The lowest BCUT2D eigenvalue weighted by Crippen LogP contribution is -2.26. The smallest absolute Gasteiger partial charge is 0.416 e. The van der Waals surface area contributed by atoms with Crippen molar-refractivity contribution < 1.29 is 22.7 Å². The predicted octanol–water partition coefficient (Wildman–Crippen LogP) is 4.74. The monoisotopic (exact) mass is 436 g/mol. The van der Waals surface area contributed by atoms with Crippen LogP contribution in [0.2, 0.25) is 0 Å². The number of ether oxygens (including phenoxy) is 1. The molecule has 158 valence electrons. The normalized spacial score (nSPS) is 11.3. The molecule has 2 N–H and O–H groups in total. The SMILES string of the molecule is CCn1c(CCNC(=O)c2cccc(Oc3cccc(C(F)(F)F)c3)c2)n[nH]c1=S. The molecular formula is C20H19F3N4O2S. The molecule has 0 aliphatic heterocycles. The first-order valence-electron chi connectivity index (χ1n) is 9.15. The van der Waals surface area contributed by atoms with E-state index in [4.69, 9.17) is 17.0 Å². The standard InChI is InChI=1S/C20H19F3N4O2S/c1-2-27-17(25-26-19(27)30)9-10-24-18(28)13-5-3-7-15(11-13)29-16-8-4-6-14(12-16)20(21,22)23/h3-8,11-12H,2,9-10H2,1H3,(H,24,28)(H,26,30). The molecular weight excluding hydrogens is 417 g/mol. The lowest BCUT2D eigenvalue weighted by atomic mass is 10.2. The maximum Gasteiger partial charge on any atom is 0.416 e. The van der Waals surface area contributed by atoms with Crippen LogP contribution in [-0.4, -0.2) is 27.2 Å². The number of hydrogen-bond acceptors (Lipinski definition) is 4. The summed E-state index contributed by atoms with van der Waals surface area (Å²) in [5.41, 5.74) is -0.479. The third-order valence-electron chi connectivity index (χ3n) is 4.28. The number of rotatable bonds is 7. The molecule has 0 unspecified atom stereocenters. The van der Waals surface area contributed by atoms with E-state index >= 15 is 0 Å². The summed E-state index contributed by atoms with van der Waals surface area (Å²) in [7, 11) is 0. The second-order valence-corrected chi connectivity index (χ2v) is 6.74. The topological polar surface area (TPSA) is 71.9 Å². The zero-order valence-electron chi connectivity index (χ0n) is 16.0. The number of nitrogens with one attached hydrogen (secondary N) is 2. The molecule has 0 radical (unpaired) electrons. The van der Waals surface area contributed by atoms with Gasteiger partial charge in [-0.3, -0.25) is 9.89 Å². The molecule has 0 saturated carbocycles. The third-order valence-corrected chi connectivity index (χ3v) is 4.59. The van der Waals surface area contributed by atoms with E-state index in [0.717, 1.165) is 18.0 Å². The third kappa shape index (κ3) is 5.26. The lowest BCUT2D eigenvalue weighted by molar-refractivity contribution is -0.137. The van der Waals surface area contributed by atoms with Crippen molar-refractivity contribution in [1.29, 1.82) is 0 Å². The van der Waals surface area contributed by atoms with E-state index in [2.05, 4.69) is 15.5 Å². The van der Waals surface area contributed by atoms with Crippen LogP contribution in [0.4, 0.5) is 13.2 Å². The zero-order valence-corrected chi connectivity index (χ0v) is 16.8. The van der Waals surface area contributed by atoms with E-state index in [1.165, 1.54) is 18.2 Å². The Hall–Kier alpha value is -3.14. The van der Waals surface area contributed by atoms with Gasteiger partial charge in [-0.15, -0.1) is 0 Å². The van der Waals surface area contributed by atoms with Crippen molar-refractivity contribution in [3.8, 4) is 11.5 Å². The fraction of sp³-hybridized carbons (Fsp3) is 0.250. The Morgan fingerprint density at radius 2 is 1.90 bits per heavy atom. The van der Waals surface area contributed by atoms with Crippen molar-refractivity contribution in [3.05, 3.63) is 70.3 Å². The van der Waals surface area contributed by atoms with Gasteiger partial charge in [-0.05, 0) is 55.5 Å². The van der Waals surface area contributed by atoms with Crippen LogP contribution in [0.15, 0.2) is 48.5 Å². The first kappa shape index (κ1) is 21.6. The predicted molar refractivity (Wildman–Crippen MR) is 107 cm³/mol. The molecule has 10 heteroatoms. The number of carbonyl (C=O) groups is 1. The van der Waals surface area contributed by atoms with Gasteiger partial charge < -0.3 is 14.6 Å². The quantitative estimate of drug-likeness (QED) is 0.525. The number of H-pyrrole nitrogens is 1. The maximum atomic E-state index is 12.8. The number of benzene rings is 2. The number of nitrogens with zero attached hydrogens (tertiary/aromatic N) is 2. The molecule has 30 heavy (non-hydrogen) atoms. The number of amides is 1. The molecule has 0 saturated heterocycles. The van der Waals surface area contributed by atoms with Gasteiger partial charge in [-0.2, -0.15) is 18.3 Å². The minimum atomic E-state index is -4.46. The molecule has 1 heterocycles. The summed E-state index contributed by atoms with van der Waals surface area (Å²) in [6.45, 7) is 2.97. The Labute approximate surface area is 175 Å². The van der Waals surface area contributed by atoms with Gasteiger partial charge in [0.1, 0.15) is 17.3 Å². The Balaban J connectivity index is 1.63. The van der Waals surface area contributed by atoms with Gasteiger partial charge in [0.25, 0.3) is 5.91 Å². The maximum absolute atomic E-state index is 12.8. The van der Waals surface area contributed by atoms with Crippen LogP contribution in [0.5, 0.6) is 11.5 Å². The fourth-order valence-electron chi connectivity index (χ4n) is 2.83. The Morgan fingerprint density at radius 3 is 2.60 bits per heavy atom. The van der Waals surface area contributed by atoms with E-state index in [1.807, 2.05) is 11.5 Å². The first-order valence-corrected chi connectivity index (χ1v) is 9.56. The molecule has 0 atom stereocenters. The number of hydrogen-bond donors (Lipinski definition) is 2. The highest BCUT2D eigenvalue weighted by Gasteiger charge is 2.30. The summed E-state index contributed by atoms with van der Waals surface area (Å²) in [6.07, 6.45) is -3.97. The van der Waals surface area contributed by atoms with Gasteiger partial charge in [0, 0.05) is 25.1 Å². The van der Waals surface area contributed by atoms with Crippen LogP contribution in [0.1, 0.15) is 28.7 Å². The van der Waals surface area contributed by atoms with Gasteiger partial charge in [-0.25, -0.2) is 0 Å². The summed E-state index contributed by atoms with van der Waals surface area (Å²) in [5.74, 6) is 0.699. The van der Waals surface area contributed by atoms with E-state index in [-0.39, 0.29) is 17.4 Å². The van der Waals surface area contributed by atoms with Gasteiger partial charge in [0.2, 0.25) is 0 Å². The Bertz CT molecular complexity index is 1090. The van der Waals surface area contributed by atoms with Gasteiger partial charge in [0.05, 0.1) is 5.56 Å². The highest BCUT2D eigenvalue weighted by atomic mass is 32.1. The second-order valence-electron chi connectivity index (χ2n) is 6.35. The van der Waals surface area contributed by atoms with Crippen molar-refractivity contribution in [3.63, 3.8) is 0 Å². The summed E-state index contributed by atoms with van der Waals surface area (Å²) < 4.78 is 46.4. The highest BCUT2D eigenvalue weighted by Crippen LogP contribution is 2.32. The summed E-state index contributed by atoms with van der Waals surface area (Å²) in [6, 6.07) is 10.8. The zero-order chi connectivity index (χ0) is 21.7. The fourth-order valence-corrected chi connectivity index (χ4v) is 3.11. The molecule has 3 rings (SSSR count). The van der Waals surface area contributed by atoms with Crippen molar-refractivity contribution >= 4 is 18.1 Å². The van der Waals surface area contributed by atoms with Crippen LogP contribution in [-0.2, 0) is 19.1 Å². The van der Waals surface area contributed by atoms with E-state index in [9.17, 15) is 18.0 Å². The average molecular weight is 436 g/mol. The van der Waals surface area contributed by atoms with Gasteiger partial charge in [0.15, 0.2) is 4.77 Å². The van der Waals surface area contributed by atoms with Gasteiger partial charge >= 0.3 is 6.18 Å². The Morgan fingerprint density at radius 1 is 1.20 bits per heavy atom. The summed E-state index contributed by atoms with van der Waals surface area (Å²) >= 11 is 5.13. The van der Waals surface area contributed by atoms with Crippen LogP contribution < -0.4 is 10.1 Å². The summed E-state index contributed by atoms with van der Waals surface area (Å²) in [5, 5.41) is 9.64.